The summed E-state index contributed by atoms with van der Waals surface area (Å²) in [6, 6.07) is 1.83. The molecule has 0 N–H and O–H groups in total. The van der Waals surface area contributed by atoms with Crippen LogP contribution in [0.25, 0.3) is 0 Å². The summed E-state index contributed by atoms with van der Waals surface area (Å²) in [4.78, 5) is 0. The van der Waals surface area contributed by atoms with Crippen LogP contribution < -0.4 is 0 Å². The third-order valence-corrected chi connectivity index (χ3v) is 0.834. The van der Waals surface area contributed by atoms with E-state index in [2.05, 4.69) is 5.10 Å². The largest absolute Gasteiger partial charge is 0.256 e. The monoisotopic (exact) mass is 125 g/mol. The summed E-state index contributed by atoms with van der Waals surface area (Å²) in [6.45, 7) is 0.101. The molecule has 46 valence electrons. The average molecular weight is 125 g/mol. The van der Waals surface area contributed by atoms with Crippen LogP contribution in [-0.2, 0) is 6.54 Å². The first kappa shape index (κ1) is 5.76. The highest BCUT2D eigenvalue weighted by Gasteiger charge is 1.92. The van der Waals surface area contributed by atoms with Crippen molar-refractivity contribution in [2.24, 2.45) is 0 Å². The molecule has 1 heterocycles. The van der Waals surface area contributed by atoms with E-state index in [1.165, 1.54) is 10.9 Å². The molecule has 0 aliphatic heterocycles. The van der Waals surface area contributed by atoms with Crippen LogP contribution in [-0.4, -0.2) is 9.78 Å². The highest BCUT2D eigenvalue weighted by molar-refractivity contribution is 4.85. The first-order chi connectivity index (χ1) is 4.33. The predicted molar refractivity (Wildman–Crippen MR) is 27.8 cm³/mol. The highest BCUT2D eigenvalue weighted by atomic mass is 19.1. The Hall–Kier alpha value is -1.37. The summed E-state index contributed by atoms with van der Waals surface area (Å²) >= 11 is 0. The SMILES string of the molecule is N#CCn1cc(F)cn1. The summed E-state index contributed by atoms with van der Waals surface area (Å²) < 4.78 is 13.3. The van der Waals surface area contributed by atoms with Gasteiger partial charge in [0.1, 0.15) is 6.54 Å². The summed E-state index contributed by atoms with van der Waals surface area (Å²) in [5, 5.41) is 11.6. The molecular weight excluding hydrogens is 121 g/mol. The Bertz CT molecular complexity index is 235. The third-order valence-electron chi connectivity index (χ3n) is 0.834. The van der Waals surface area contributed by atoms with Crippen LogP contribution in [0.3, 0.4) is 0 Å². The topological polar surface area (TPSA) is 41.6 Å². The number of hydrogen-bond donors (Lipinski definition) is 0. The van der Waals surface area contributed by atoms with E-state index >= 15 is 0 Å². The van der Waals surface area contributed by atoms with Gasteiger partial charge in [0.15, 0.2) is 5.82 Å². The molecule has 0 aliphatic carbocycles. The van der Waals surface area contributed by atoms with E-state index in [0.717, 1.165) is 6.20 Å². The lowest BCUT2D eigenvalue weighted by molar-refractivity contribution is 0.622. The van der Waals surface area contributed by atoms with E-state index in [9.17, 15) is 4.39 Å². The molecular formula is C5H4FN3. The van der Waals surface area contributed by atoms with Crippen molar-refractivity contribution in [2.45, 2.75) is 6.54 Å². The molecule has 0 aromatic carbocycles. The van der Waals surface area contributed by atoms with E-state index in [-0.39, 0.29) is 6.54 Å². The fourth-order valence-corrected chi connectivity index (χ4v) is 0.497. The van der Waals surface area contributed by atoms with Crippen LogP contribution in [0.15, 0.2) is 12.4 Å². The van der Waals surface area contributed by atoms with E-state index in [1.807, 2.05) is 6.07 Å². The van der Waals surface area contributed by atoms with Gasteiger partial charge < -0.3 is 0 Å². The van der Waals surface area contributed by atoms with E-state index in [0.29, 0.717) is 0 Å². The molecule has 9 heavy (non-hydrogen) atoms. The van der Waals surface area contributed by atoms with Gasteiger partial charge in [-0.05, 0) is 0 Å². The average Bonchev–Trinajstić information content (AvgIpc) is 2.17. The molecule has 0 atom stereocenters. The second kappa shape index (κ2) is 2.27. The van der Waals surface area contributed by atoms with Gasteiger partial charge in [-0.3, -0.25) is 4.68 Å². The van der Waals surface area contributed by atoms with Gasteiger partial charge in [0, 0.05) is 0 Å². The van der Waals surface area contributed by atoms with Crippen LogP contribution in [0, 0.1) is 17.1 Å². The van der Waals surface area contributed by atoms with E-state index < -0.39 is 5.82 Å². The van der Waals surface area contributed by atoms with Crippen molar-refractivity contribution in [2.75, 3.05) is 0 Å². The van der Waals surface area contributed by atoms with Gasteiger partial charge in [0.05, 0.1) is 18.5 Å². The lowest BCUT2D eigenvalue weighted by Crippen LogP contribution is -1.93. The second-order valence-corrected chi connectivity index (χ2v) is 1.51. The Morgan fingerprint density at radius 2 is 2.67 bits per heavy atom. The van der Waals surface area contributed by atoms with Crippen LogP contribution in [0.4, 0.5) is 4.39 Å². The molecule has 0 saturated carbocycles. The molecule has 0 amide bonds. The molecule has 0 bridgehead atoms. The van der Waals surface area contributed by atoms with Gasteiger partial charge in [-0.15, -0.1) is 0 Å². The minimum absolute atomic E-state index is 0.101. The smallest absolute Gasteiger partial charge is 0.161 e. The number of halogens is 1. The van der Waals surface area contributed by atoms with E-state index in [4.69, 9.17) is 5.26 Å². The summed E-state index contributed by atoms with van der Waals surface area (Å²) in [5.74, 6) is -0.412. The number of rotatable bonds is 1. The van der Waals surface area contributed by atoms with Crippen molar-refractivity contribution in [3.05, 3.63) is 18.2 Å². The zero-order chi connectivity index (χ0) is 6.69. The molecule has 0 aliphatic rings. The molecule has 4 heteroatoms. The molecule has 0 spiro atoms. The normalized spacial score (nSPS) is 8.89. The Labute approximate surface area is 51.3 Å². The van der Waals surface area contributed by atoms with Crippen molar-refractivity contribution < 1.29 is 4.39 Å². The predicted octanol–water partition coefficient (Wildman–Crippen LogP) is 0.546. The molecule has 0 unspecified atom stereocenters. The summed E-state index contributed by atoms with van der Waals surface area (Å²) in [6.07, 6.45) is 2.24. The zero-order valence-corrected chi connectivity index (χ0v) is 4.58. The Morgan fingerprint density at radius 3 is 3.11 bits per heavy atom. The zero-order valence-electron chi connectivity index (χ0n) is 4.58. The minimum atomic E-state index is -0.412. The standard InChI is InChI=1S/C5H4FN3/c6-5-3-8-9(4-5)2-1-7/h3-4H,2H2. The maximum Gasteiger partial charge on any atom is 0.161 e. The summed E-state index contributed by atoms with van der Waals surface area (Å²) in [5.41, 5.74) is 0. The quantitative estimate of drug-likeness (QED) is 0.549. The van der Waals surface area contributed by atoms with Crippen molar-refractivity contribution >= 4 is 0 Å². The molecule has 1 aromatic heterocycles. The second-order valence-electron chi connectivity index (χ2n) is 1.51. The number of hydrogen-bond acceptors (Lipinski definition) is 2. The lowest BCUT2D eigenvalue weighted by Gasteiger charge is -1.85. The Balaban J connectivity index is 2.76. The number of aromatic nitrogens is 2. The van der Waals surface area contributed by atoms with Crippen molar-refractivity contribution in [1.82, 2.24) is 9.78 Å². The van der Waals surface area contributed by atoms with Gasteiger partial charge in [-0.1, -0.05) is 0 Å². The van der Waals surface area contributed by atoms with Crippen LogP contribution in [0.1, 0.15) is 0 Å². The Morgan fingerprint density at radius 1 is 1.89 bits per heavy atom. The molecule has 0 radical (unpaired) electrons. The van der Waals surface area contributed by atoms with Crippen molar-refractivity contribution in [3.63, 3.8) is 0 Å². The van der Waals surface area contributed by atoms with Gasteiger partial charge in [0.25, 0.3) is 0 Å². The van der Waals surface area contributed by atoms with Gasteiger partial charge in [-0.2, -0.15) is 10.4 Å². The molecule has 1 aromatic rings. The maximum atomic E-state index is 12.1. The third kappa shape index (κ3) is 1.26. The first-order valence-corrected chi connectivity index (χ1v) is 2.38. The molecule has 0 saturated heterocycles. The fraction of sp³-hybridized carbons (Fsp3) is 0.200. The van der Waals surface area contributed by atoms with Crippen molar-refractivity contribution in [3.8, 4) is 6.07 Å². The minimum Gasteiger partial charge on any atom is -0.256 e. The number of nitriles is 1. The molecule has 0 fully saturated rings. The number of nitrogens with zero attached hydrogens (tertiary/aromatic N) is 3. The van der Waals surface area contributed by atoms with Gasteiger partial charge >= 0.3 is 0 Å². The fourth-order valence-electron chi connectivity index (χ4n) is 0.497. The summed E-state index contributed by atoms with van der Waals surface area (Å²) in [7, 11) is 0. The van der Waals surface area contributed by atoms with Gasteiger partial charge in [0.2, 0.25) is 0 Å². The van der Waals surface area contributed by atoms with Crippen LogP contribution >= 0.6 is 0 Å². The van der Waals surface area contributed by atoms with Gasteiger partial charge in [-0.25, -0.2) is 4.39 Å². The van der Waals surface area contributed by atoms with Crippen molar-refractivity contribution in [1.29, 1.82) is 5.26 Å². The lowest BCUT2D eigenvalue weighted by atomic mass is 10.7. The van der Waals surface area contributed by atoms with Crippen LogP contribution in [0.5, 0.6) is 0 Å². The molecule has 3 nitrogen and oxygen atoms in total. The van der Waals surface area contributed by atoms with E-state index in [1.54, 1.807) is 0 Å². The first-order valence-electron chi connectivity index (χ1n) is 2.38. The Kier molecular flexibility index (Phi) is 1.45. The molecule has 1 rings (SSSR count). The maximum absolute atomic E-state index is 12.1. The van der Waals surface area contributed by atoms with Crippen LogP contribution in [0.2, 0.25) is 0 Å². The highest BCUT2D eigenvalue weighted by Crippen LogP contribution is 1.91.